The second-order valence-corrected chi connectivity index (χ2v) is 6.50. The summed E-state index contributed by atoms with van der Waals surface area (Å²) < 4.78 is 11.3. The van der Waals surface area contributed by atoms with Gasteiger partial charge in [0.25, 0.3) is 5.91 Å². The van der Waals surface area contributed by atoms with E-state index in [1.165, 1.54) is 0 Å². The molecule has 1 aliphatic heterocycles. The molecular formula is C15H18N2O3S. The molecule has 5 nitrogen and oxygen atoms in total. The zero-order valence-electron chi connectivity index (χ0n) is 11.7. The number of rotatable bonds is 3. The van der Waals surface area contributed by atoms with Gasteiger partial charge in [-0.05, 0) is 25.0 Å². The first-order chi connectivity index (χ1) is 10.2. The number of aromatic nitrogens is 1. The van der Waals surface area contributed by atoms with Crippen LogP contribution in [0, 0.1) is 11.8 Å². The van der Waals surface area contributed by atoms with E-state index in [4.69, 9.17) is 5.11 Å². The fourth-order valence-corrected chi connectivity index (χ4v) is 3.32. The highest BCUT2D eigenvalue weighted by atomic mass is 32.2. The summed E-state index contributed by atoms with van der Waals surface area (Å²) in [7, 11) is -0.728. The molecule has 2 rings (SSSR count). The van der Waals surface area contributed by atoms with Crippen LogP contribution in [-0.4, -0.2) is 44.4 Å². The number of amides is 1. The van der Waals surface area contributed by atoms with Crippen LogP contribution in [0.25, 0.3) is 0 Å². The number of nitrogens with zero attached hydrogens (tertiary/aromatic N) is 1. The molecule has 0 spiro atoms. The Bertz CT molecular complexity index is 565. The molecule has 1 aromatic heterocycles. The molecule has 2 heterocycles. The van der Waals surface area contributed by atoms with Crippen molar-refractivity contribution < 1.29 is 14.1 Å². The fraction of sp³-hybridized carbons (Fsp3) is 0.467. The van der Waals surface area contributed by atoms with E-state index in [1.807, 2.05) is 0 Å². The van der Waals surface area contributed by atoms with Crippen LogP contribution in [0.15, 0.2) is 18.3 Å². The minimum atomic E-state index is -0.728. The number of carbonyl (C=O) groups is 1. The minimum Gasteiger partial charge on any atom is -0.395 e. The van der Waals surface area contributed by atoms with Gasteiger partial charge in [-0.3, -0.25) is 9.00 Å². The molecule has 2 N–H and O–H groups in total. The Labute approximate surface area is 126 Å². The lowest BCUT2D eigenvalue weighted by Gasteiger charge is -2.22. The molecule has 0 unspecified atom stereocenters. The molecule has 1 saturated heterocycles. The van der Waals surface area contributed by atoms with Crippen molar-refractivity contribution in [3.63, 3.8) is 0 Å². The maximum Gasteiger partial charge on any atom is 0.270 e. The zero-order chi connectivity index (χ0) is 15.1. The van der Waals surface area contributed by atoms with Crippen LogP contribution in [0.4, 0.5) is 0 Å². The van der Waals surface area contributed by atoms with Gasteiger partial charge in [0.05, 0.1) is 6.61 Å². The van der Waals surface area contributed by atoms with Crippen molar-refractivity contribution >= 4 is 16.7 Å². The summed E-state index contributed by atoms with van der Waals surface area (Å²) in [6, 6.07) is 3.46. The molecule has 0 aliphatic carbocycles. The van der Waals surface area contributed by atoms with Gasteiger partial charge >= 0.3 is 0 Å². The normalized spacial score (nSPS) is 21.2. The van der Waals surface area contributed by atoms with Crippen molar-refractivity contribution in [2.75, 3.05) is 18.1 Å². The molecule has 21 heavy (non-hydrogen) atoms. The molecule has 0 atom stereocenters. The molecule has 1 aromatic rings. The summed E-state index contributed by atoms with van der Waals surface area (Å²) in [5.41, 5.74) is 1.07. The lowest BCUT2D eigenvalue weighted by atomic mass is 10.1. The van der Waals surface area contributed by atoms with E-state index in [-0.39, 0.29) is 18.6 Å². The predicted molar refractivity (Wildman–Crippen MR) is 81.2 cm³/mol. The van der Waals surface area contributed by atoms with Gasteiger partial charge in [-0.2, -0.15) is 0 Å². The van der Waals surface area contributed by atoms with Gasteiger partial charge in [0.2, 0.25) is 0 Å². The van der Waals surface area contributed by atoms with Crippen LogP contribution >= 0.6 is 0 Å². The van der Waals surface area contributed by atoms with Crippen molar-refractivity contribution in [3.05, 3.63) is 29.6 Å². The highest BCUT2D eigenvalue weighted by Gasteiger charge is 2.20. The SMILES string of the molecule is O=C(NC1CCS(=O)CC1)c1ccc(C#CCCO)cn1. The quantitative estimate of drug-likeness (QED) is 0.795. The maximum absolute atomic E-state index is 12.0. The highest BCUT2D eigenvalue weighted by molar-refractivity contribution is 7.85. The monoisotopic (exact) mass is 306 g/mol. The van der Waals surface area contributed by atoms with E-state index >= 15 is 0 Å². The average Bonchev–Trinajstić information content (AvgIpc) is 2.50. The summed E-state index contributed by atoms with van der Waals surface area (Å²) in [6.45, 7) is 0.0348. The highest BCUT2D eigenvalue weighted by Crippen LogP contribution is 2.10. The first kappa shape index (κ1) is 15.7. The van der Waals surface area contributed by atoms with Gasteiger partial charge in [0, 0.05) is 46.5 Å². The Kier molecular flexibility index (Phi) is 5.90. The molecule has 6 heteroatoms. The van der Waals surface area contributed by atoms with Crippen molar-refractivity contribution in [3.8, 4) is 11.8 Å². The summed E-state index contributed by atoms with van der Waals surface area (Å²) in [5, 5.41) is 11.6. The Hall–Kier alpha value is -1.71. The van der Waals surface area contributed by atoms with Crippen molar-refractivity contribution in [1.29, 1.82) is 0 Å². The van der Waals surface area contributed by atoms with Crippen molar-refractivity contribution in [1.82, 2.24) is 10.3 Å². The maximum atomic E-state index is 12.0. The molecule has 1 aliphatic rings. The fourth-order valence-electron chi connectivity index (χ4n) is 2.02. The first-order valence-electron chi connectivity index (χ1n) is 6.90. The standard InChI is InChI=1S/C15H18N2O3S/c18-8-2-1-3-12-4-5-14(16-11-12)15(19)17-13-6-9-21(20)10-7-13/h4-5,11,13,18H,2,6-10H2,(H,17,19). The molecule has 112 valence electrons. The molecular weight excluding hydrogens is 288 g/mol. The van der Waals surface area contributed by atoms with Crippen LogP contribution in [0.2, 0.25) is 0 Å². The number of hydrogen-bond donors (Lipinski definition) is 2. The Balaban J connectivity index is 1.91. The van der Waals surface area contributed by atoms with Gasteiger partial charge in [0.1, 0.15) is 5.69 Å². The van der Waals surface area contributed by atoms with Crippen molar-refractivity contribution in [2.45, 2.75) is 25.3 Å². The number of nitrogens with one attached hydrogen (secondary N) is 1. The van der Waals surface area contributed by atoms with Crippen LogP contribution in [0.3, 0.4) is 0 Å². The summed E-state index contributed by atoms with van der Waals surface area (Å²) >= 11 is 0. The van der Waals surface area contributed by atoms with Gasteiger partial charge in [-0.1, -0.05) is 11.8 Å². The van der Waals surface area contributed by atoms with Crippen LogP contribution in [0.1, 0.15) is 35.3 Å². The second kappa shape index (κ2) is 7.91. The molecule has 0 saturated carbocycles. The van der Waals surface area contributed by atoms with Crippen LogP contribution in [-0.2, 0) is 10.8 Å². The largest absolute Gasteiger partial charge is 0.395 e. The topological polar surface area (TPSA) is 79.3 Å². The zero-order valence-corrected chi connectivity index (χ0v) is 12.5. The van der Waals surface area contributed by atoms with Gasteiger partial charge in [0.15, 0.2) is 0 Å². The minimum absolute atomic E-state index is 0.0348. The molecule has 0 bridgehead atoms. The predicted octanol–water partition coefficient (Wildman–Crippen LogP) is 0.456. The summed E-state index contributed by atoms with van der Waals surface area (Å²) in [6.07, 6.45) is 3.48. The Morgan fingerprint density at radius 1 is 1.43 bits per heavy atom. The van der Waals surface area contributed by atoms with E-state index in [1.54, 1.807) is 18.3 Å². The van der Waals surface area contributed by atoms with Gasteiger partial charge in [-0.15, -0.1) is 0 Å². The van der Waals surface area contributed by atoms with E-state index in [9.17, 15) is 9.00 Å². The molecule has 1 fully saturated rings. The van der Waals surface area contributed by atoms with Crippen LogP contribution < -0.4 is 5.32 Å². The third-order valence-electron chi connectivity index (χ3n) is 3.19. The van der Waals surface area contributed by atoms with Crippen molar-refractivity contribution in [2.24, 2.45) is 0 Å². The van der Waals surface area contributed by atoms with Gasteiger partial charge in [-0.25, -0.2) is 4.98 Å². The molecule has 1 amide bonds. The van der Waals surface area contributed by atoms with Crippen LogP contribution in [0.5, 0.6) is 0 Å². The van der Waals surface area contributed by atoms with E-state index in [2.05, 4.69) is 22.1 Å². The third-order valence-corrected chi connectivity index (χ3v) is 4.57. The summed E-state index contributed by atoms with van der Waals surface area (Å²) in [4.78, 5) is 16.1. The number of aliphatic hydroxyl groups is 1. The first-order valence-corrected chi connectivity index (χ1v) is 8.39. The number of aliphatic hydroxyl groups excluding tert-OH is 1. The van der Waals surface area contributed by atoms with E-state index in [0.717, 1.165) is 12.8 Å². The lowest BCUT2D eigenvalue weighted by molar-refractivity contribution is 0.0929. The Morgan fingerprint density at radius 2 is 2.19 bits per heavy atom. The lowest BCUT2D eigenvalue weighted by Crippen LogP contribution is -2.39. The second-order valence-electron chi connectivity index (χ2n) is 4.80. The summed E-state index contributed by atoms with van der Waals surface area (Å²) in [5.74, 6) is 6.76. The number of hydrogen-bond acceptors (Lipinski definition) is 4. The van der Waals surface area contributed by atoms with Gasteiger partial charge < -0.3 is 10.4 Å². The van der Waals surface area contributed by atoms with E-state index in [0.29, 0.717) is 29.2 Å². The molecule has 0 radical (unpaired) electrons. The average molecular weight is 306 g/mol. The molecule has 0 aromatic carbocycles. The Morgan fingerprint density at radius 3 is 2.81 bits per heavy atom. The third kappa shape index (κ3) is 4.96. The number of carbonyl (C=O) groups excluding carboxylic acids is 1. The number of pyridine rings is 1. The van der Waals surface area contributed by atoms with E-state index < -0.39 is 10.8 Å². The smallest absolute Gasteiger partial charge is 0.270 e.